The van der Waals surface area contributed by atoms with Gasteiger partial charge in [-0.2, -0.15) is 0 Å². The van der Waals surface area contributed by atoms with Crippen molar-refractivity contribution < 1.29 is 19.4 Å². The van der Waals surface area contributed by atoms with Crippen molar-refractivity contribution in [3.8, 4) is 5.88 Å². The van der Waals surface area contributed by atoms with E-state index in [9.17, 15) is 4.79 Å². The number of nitrogens with zero attached hydrogens (tertiary/aromatic N) is 1. The molecule has 2 aromatic rings. The molecule has 0 radical (unpaired) electrons. The molecule has 90 valence electrons. The van der Waals surface area contributed by atoms with Crippen LogP contribution in [-0.2, 0) is 4.74 Å². The fourth-order valence-corrected chi connectivity index (χ4v) is 1.66. The Balaban J connectivity index is 2.39. The maximum Gasteiger partial charge on any atom is 0.418 e. The molecule has 0 aliphatic carbocycles. The minimum atomic E-state index is -1.06. The molecular formula is C12H13NO4. The molecule has 0 bridgehead atoms. The Morgan fingerprint density at radius 2 is 2.12 bits per heavy atom. The zero-order chi connectivity index (χ0) is 12.3. The monoisotopic (exact) mass is 235 g/mol. The number of hydrogen-bond acceptors (Lipinski definition) is 3. The van der Waals surface area contributed by atoms with Gasteiger partial charge in [0.1, 0.15) is 6.61 Å². The van der Waals surface area contributed by atoms with Crippen molar-refractivity contribution in [2.75, 3.05) is 20.3 Å². The van der Waals surface area contributed by atoms with Gasteiger partial charge in [0.2, 0.25) is 5.88 Å². The second kappa shape index (κ2) is 4.88. The van der Waals surface area contributed by atoms with Crippen molar-refractivity contribution >= 4 is 17.0 Å². The minimum absolute atomic E-state index is 0.316. The van der Waals surface area contributed by atoms with E-state index in [2.05, 4.69) is 0 Å². The Kier molecular flexibility index (Phi) is 3.30. The van der Waals surface area contributed by atoms with E-state index in [1.165, 1.54) is 0 Å². The number of benzene rings is 1. The van der Waals surface area contributed by atoms with Crippen LogP contribution in [0.15, 0.2) is 30.3 Å². The smallest absolute Gasteiger partial charge is 0.418 e. The van der Waals surface area contributed by atoms with Crippen LogP contribution in [0.1, 0.15) is 0 Å². The lowest BCUT2D eigenvalue weighted by Gasteiger charge is -2.06. The number of para-hydroxylation sites is 1. The van der Waals surface area contributed by atoms with Gasteiger partial charge in [0, 0.05) is 18.6 Å². The van der Waals surface area contributed by atoms with Crippen molar-refractivity contribution in [3.63, 3.8) is 0 Å². The molecule has 0 fully saturated rings. The fraction of sp³-hybridized carbons (Fsp3) is 0.250. The van der Waals surface area contributed by atoms with Crippen LogP contribution in [0.4, 0.5) is 4.79 Å². The summed E-state index contributed by atoms with van der Waals surface area (Å²) in [6.07, 6.45) is -1.06. The maximum absolute atomic E-state index is 11.2. The zero-order valence-electron chi connectivity index (χ0n) is 9.42. The molecule has 0 saturated carbocycles. The van der Waals surface area contributed by atoms with Crippen molar-refractivity contribution in [2.24, 2.45) is 0 Å². The van der Waals surface area contributed by atoms with E-state index in [0.717, 1.165) is 9.95 Å². The van der Waals surface area contributed by atoms with Crippen LogP contribution in [0.5, 0.6) is 5.88 Å². The molecule has 1 heterocycles. The average Bonchev–Trinajstić information content (AvgIpc) is 2.67. The second-order valence-electron chi connectivity index (χ2n) is 3.50. The molecule has 0 atom stereocenters. The van der Waals surface area contributed by atoms with Crippen LogP contribution >= 0.6 is 0 Å². The van der Waals surface area contributed by atoms with Crippen LogP contribution in [0.2, 0.25) is 0 Å². The first kappa shape index (κ1) is 11.5. The minimum Gasteiger partial charge on any atom is -0.476 e. The maximum atomic E-state index is 11.2. The number of carboxylic acid groups (broad SMARTS) is 1. The molecule has 0 unspecified atom stereocenters. The van der Waals surface area contributed by atoms with E-state index >= 15 is 0 Å². The van der Waals surface area contributed by atoms with E-state index in [0.29, 0.717) is 24.6 Å². The number of fused-ring (bicyclic) bond motifs is 1. The summed E-state index contributed by atoms with van der Waals surface area (Å²) in [6, 6.07) is 8.94. The highest BCUT2D eigenvalue weighted by molar-refractivity contribution is 5.91. The first-order chi connectivity index (χ1) is 8.24. The first-order valence-corrected chi connectivity index (χ1v) is 5.19. The van der Waals surface area contributed by atoms with Gasteiger partial charge in [-0.25, -0.2) is 9.36 Å². The third kappa shape index (κ3) is 2.24. The standard InChI is InChI=1S/C12H13NO4/c1-16-6-7-17-11-8-9-4-2-3-5-10(9)13(11)12(14)15/h2-5,8H,6-7H2,1H3,(H,14,15). The Morgan fingerprint density at radius 1 is 1.35 bits per heavy atom. The SMILES string of the molecule is COCCOc1cc2ccccc2n1C(=O)O. The van der Waals surface area contributed by atoms with E-state index in [1.807, 2.05) is 12.1 Å². The van der Waals surface area contributed by atoms with E-state index in [4.69, 9.17) is 14.6 Å². The molecule has 0 spiro atoms. The lowest BCUT2D eigenvalue weighted by molar-refractivity contribution is 0.140. The lowest BCUT2D eigenvalue weighted by atomic mass is 10.2. The summed E-state index contributed by atoms with van der Waals surface area (Å²) >= 11 is 0. The molecule has 1 aromatic carbocycles. The Hall–Kier alpha value is -2.01. The number of ether oxygens (including phenoxy) is 2. The van der Waals surface area contributed by atoms with Gasteiger partial charge in [0.15, 0.2) is 0 Å². The van der Waals surface area contributed by atoms with Gasteiger partial charge in [-0.1, -0.05) is 18.2 Å². The Morgan fingerprint density at radius 3 is 2.82 bits per heavy atom. The molecule has 5 nitrogen and oxygen atoms in total. The summed E-state index contributed by atoms with van der Waals surface area (Å²) in [5, 5.41) is 10.00. The Labute approximate surface area is 98.2 Å². The largest absolute Gasteiger partial charge is 0.476 e. The molecule has 0 amide bonds. The number of aromatic nitrogens is 1. The van der Waals surface area contributed by atoms with Gasteiger partial charge in [-0.05, 0) is 6.07 Å². The number of carbonyl (C=O) groups is 1. The quantitative estimate of drug-likeness (QED) is 0.825. The van der Waals surface area contributed by atoms with Gasteiger partial charge >= 0.3 is 6.09 Å². The summed E-state index contributed by atoms with van der Waals surface area (Å²) in [5.74, 6) is 0.316. The fourth-order valence-electron chi connectivity index (χ4n) is 1.66. The predicted molar refractivity (Wildman–Crippen MR) is 62.7 cm³/mol. The summed E-state index contributed by atoms with van der Waals surface area (Å²) < 4.78 is 11.4. The van der Waals surface area contributed by atoms with Gasteiger partial charge in [-0.3, -0.25) is 0 Å². The molecule has 5 heteroatoms. The molecule has 0 saturated heterocycles. The highest BCUT2D eigenvalue weighted by atomic mass is 16.5. The lowest BCUT2D eigenvalue weighted by Crippen LogP contribution is -2.12. The molecule has 0 aliphatic heterocycles. The molecule has 17 heavy (non-hydrogen) atoms. The summed E-state index contributed by atoms with van der Waals surface area (Å²) in [6.45, 7) is 0.737. The summed E-state index contributed by atoms with van der Waals surface area (Å²) in [4.78, 5) is 11.2. The summed E-state index contributed by atoms with van der Waals surface area (Å²) in [5.41, 5.74) is 0.618. The highest BCUT2D eigenvalue weighted by Crippen LogP contribution is 2.25. The van der Waals surface area contributed by atoms with E-state index in [1.54, 1.807) is 25.3 Å². The number of rotatable bonds is 4. The van der Waals surface area contributed by atoms with E-state index in [-0.39, 0.29) is 0 Å². The number of methoxy groups -OCH3 is 1. The first-order valence-electron chi connectivity index (χ1n) is 5.19. The molecule has 2 rings (SSSR count). The number of hydrogen-bond donors (Lipinski definition) is 1. The van der Waals surface area contributed by atoms with Crippen LogP contribution in [0, 0.1) is 0 Å². The molecule has 1 N–H and O–H groups in total. The van der Waals surface area contributed by atoms with Crippen molar-refractivity contribution in [2.45, 2.75) is 0 Å². The van der Waals surface area contributed by atoms with Crippen LogP contribution < -0.4 is 4.74 Å². The van der Waals surface area contributed by atoms with Crippen molar-refractivity contribution in [3.05, 3.63) is 30.3 Å². The normalized spacial score (nSPS) is 10.6. The van der Waals surface area contributed by atoms with Gasteiger partial charge in [0.05, 0.1) is 12.1 Å². The average molecular weight is 235 g/mol. The van der Waals surface area contributed by atoms with Crippen LogP contribution in [0.3, 0.4) is 0 Å². The zero-order valence-corrected chi connectivity index (χ0v) is 9.42. The highest BCUT2D eigenvalue weighted by Gasteiger charge is 2.14. The van der Waals surface area contributed by atoms with Crippen molar-refractivity contribution in [1.29, 1.82) is 0 Å². The predicted octanol–water partition coefficient (Wildman–Crippen LogP) is 2.19. The second-order valence-corrected chi connectivity index (χ2v) is 3.50. The van der Waals surface area contributed by atoms with Crippen LogP contribution in [0.25, 0.3) is 10.9 Å². The Bertz CT molecular complexity index is 532. The van der Waals surface area contributed by atoms with Crippen LogP contribution in [-0.4, -0.2) is 36.1 Å². The molecule has 1 aromatic heterocycles. The summed E-state index contributed by atoms with van der Waals surface area (Å²) in [7, 11) is 1.57. The van der Waals surface area contributed by atoms with Crippen molar-refractivity contribution in [1.82, 2.24) is 4.57 Å². The molecular weight excluding hydrogens is 222 g/mol. The molecule has 0 aliphatic rings. The van der Waals surface area contributed by atoms with E-state index < -0.39 is 6.09 Å². The topological polar surface area (TPSA) is 60.7 Å². The third-order valence-electron chi connectivity index (χ3n) is 2.41. The van der Waals surface area contributed by atoms with Gasteiger partial charge < -0.3 is 14.6 Å². The third-order valence-corrected chi connectivity index (χ3v) is 2.41. The van der Waals surface area contributed by atoms with Gasteiger partial charge in [0.25, 0.3) is 0 Å². The van der Waals surface area contributed by atoms with Gasteiger partial charge in [-0.15, -0.1) is 0 Å².